The van der Waals surface area contributed by atoms with E-state index in [1.807, 2.05) is 4.90 Å². The molecule has 0 saturated carbocycles. The molecule has 162 valence electrons. The molecule has 1 aliphatic rings. The Kier molecular flexibility index (Phi) is 6.58. The second-order valence-electron chi connectivity index (χ2n) is 7.46. The second kappa shape index (κ2) is 9.33. The molecule has 0 aliphatic carbocycles. The fourth-order valence-electron chi connectivity index (χ4n) is 3.56. The number of ether oxygens (including phenoxy) is 1. The number of rotatable bonds is 7. The molecule has 1 aliphatic heterocycles. The lowest BCUT2D eigenvalue weighted by Crippen LogP contribution is -2.34. The molecule has 10 heteroatoms. The highest BCUT2D eigenvalue weighted by atomic mass is 16.6. The van der Waals surface area contributed by atoms with Crippen LogP contribution < -0.4 is 4.90 Å². The largest absolute Gasteiger partial charge is 0.454 e. The molecule has 2 aromatic rings. The Labute approximate surface area is 177 Å². The van der Waals surface area contributed by atoms with Crippen molar-refractivity contribution in [1.29, 1.82) is 0 Å². The minimum absolute atomic E-state index is 0.0301. The summed E-state index contributed by atoms with van der Waals surface area (Å²) in [7, 11) is 0. The maximum Gasteiger partial charge on any atom is 0.338 e. The van der Waals surface area contributed by atoms with Crippen LogP contribution in [0.15, 0.2) is 42.5 Å². The molecule has 1 saturated heterocycles. The zero-order chi connectivity index (χ0) is 22.5. The third-order valence-electron chi connectivity index (χ3n) is 5.12. The van der Waals surface area contributed by atoms with Crippen LogP contribution in [0.1, 0.15) is 40.5 Å². The highest BCUT2D eigenvalue weighted by molar-refractivity contribution is 6.00. The molecule has 0 bridgehead atoms. The van der Waals surface area contributed by atoms with Gasteiger partial charge in [0, 0.05) is 36.9 Å². The van der Waals surface area contributed by atoms with E-state index in [2.05, 4.69) is 6.92 Å². The number of ketones is 1. The average molecular weight is 427 g/mol. The Morgan fingerprint density at radius 2 is 1.87 bits per heavy atom. The molecule has 10 nitrogen and oxygen atoms in total. The number of Topliss-reactive ketones (excluding diaryl/α,β-unsaturated/α-hetero) is 1. The summed E-state index contributed by atoms with van der Waals surface area (Å²) in [4.78, 5) is 47.7. The number of nitro benzene ring substituents is 2. The molecule has 0 spiro atoms. The summed E-state index contributed by atoms with van der Waals surface area (Å²) in [6, 6.07) is 9.17. The highest BCUT2D eigenvalue weighted by Gasteiger charge is 2.25. The van der Waals surface area contributed by atoms with Crippen molar-refractivity contribution in [3.63, 3.8) is 0 Å². The van der Waals surface area contributed by atoms with E-state index >= 15 is 0 Å². The lowest BCUT2D eigenvalue weighted by Gasteiger charge is -2.32. The summed E-state index contributed by atoms with van der Waals surface area (Å²) in [5.41, 5.74) is -0.0281. The van der Waals surface area contributed by atoms with Gasteiger partial charge in [0.05, 0.1) is 15.4 Å². The topological polar surface area (TPSA) is 133 Å². The number of carbonyl (C=O) groups excluding carboxylic acids is 2. The smallest absolute Gasteiger partial charge is 0.338 e. The van der Waals surface area contributed by atoms with Gasteiger partial charge in [-0.25, -0.2) is 4.79 Å². The third-order valence-corrected chi connectivity index (χ3v) is 5.12. The maximum atomic E-state index is 12.4. The van der Waals surface area contributed by atoms with Crippen LogP contribution in [0.5, 0.6) is 0 Å². The van der Waals surface area contributed by atoms with Crippen LogP contribution in [-0.2, 0) is 4.74 Å². The summed E-state index contributed by atoms with van der Waals surface area (Å²) in [5.74, 6) is -1.09. The van der Waals surface area contributed by atoms with Crippen molar-refractivity contribution in [1.82, 2.24) is 0 Å². The van der Waals surface area contributed by atoms with Gasteiger partial charge in [0.15, 0.2) is 6.61 Å². The van der Waals surface area contributed by atoms with Crippen LogP contribution in [0.3, 0.4) is 0 Å². The lowest BCUT2D eigenvalue weighted by molar-refractivity contribution is -0.384. The number of anilines is 1. The zero-order valence-corrected chi connectivity index (χ0v) is 16.9. The molecule has 1 fully saturated rings. The van der Waals surface area contributed by atoms with Gasteiger partial charge in [-0.05, 0) is 30.9 Å². The molecule has 0 aromatic heterocycles. The molecule has 0 N–H and O–H groups in total. The molecule has 1 unspecified atom stereocenters. The van der Waals surface area contributed by atoms with Crippen molar-refractivity contribution in [3.8, 4) is 0 Å². The number of hydrogen-bond donors (Lipinski definition) is 0. The Morgan fingerprint density at radius 3 is 2.55 bits per heavy atom. The predicted molar refractivity (Wildman–Crippen MR) is 111 cm³/mol. The van der Waals surface area contributed by atoms with Crippen molar-refractivity contribution >= 4 is 28.8 Å². The fraction of sp³-hybridized carbons (Fsp3) is 0.333. The normalized spacial score (nSPS) is 15.9. The van der Waals surface area contributed by atoms with Gasteiger partial charge in [-0.2, -0.15) is 0 Å². The highest BCUT2D eigenvalue weighted by Crippen LogP contribution is 2.32. The molecule has 1 atom stereocenters. The number of carbonyl (C=O) groups is 2. The van der Waals surface area contributed by atoms with Gasteiger partial charge in [0.1, 0.15) is 5.69 Å². The number of hydrogen-bond acceptors (Lipinski definition) is 8. The van der Waals surface area contributed by atoms with Crippen LogP contribution in [0.2, 0.25) is 0 Å². The van der Waals surface area contributed by atoms with Crippen LogP contribution in [-0.4, -0.2) is 41.3 Å². The number of nitrogens with zero attached hydrogens (tertiary/aromatic N) is 3. The zero-order valence-electron chi connectivity index (χ0n) is 16.9. The Morgan fingerprint density at radius 1 is 1.10 bits per heavy atom. The van der Waals surface area contributed by atoms with E-state index in [-0.39, 0.29) is 22.5 Å². The quantitative estimate of drug-likeness (QED) is 0.282. The van der Waals surface area contributed by atoms with Crippen LogP contribution in [0.4, 0.5) is 17.1 Å². The molecular weight excluding hydrogens is 406 g/mol. The van der Waals surface area contributed by atoms with E-state index in [1.54, 1.807) is 0 Å². The minimum atomic E-state index is -0.888. The van der Waals surface area contributed by atoms with E-state index in [1.165, 1.54) is 30.3 Å². The predicted octanol–water partition coefficient (Wildman–Crippen LogP) is 3.78. The first kappa shape index (κ1) is 21.9. The molecule has 0 amide bonds. The third kappa shape index (κ3) is 5.21. The molecule has 2 aromatic carbocycles. The van der Waals surface area contributed by atoms with Crippen LogP contribution >= 0.6 is 0 Å². The van der Waals surface area contributed by atoms with Crippen molar-refractivity contribution in [3.05, 3.63) is 73.8 Å². The standard InChI is InChI=1S/C21H21N3O7/c1-14-4-3-9-22(12-14)18-8-7-16(11-19(18)24(29)30)21(26)31-13-20(25)15-5-2-6-17(10-15)23(27)28/h2,5-8,10-11,14H,3-4,9,12-13H2,1H3. The number of nitro groups is 2. The SMILES string of the molecule is CC1CCCN(c2ccc(C(=O)OCC(=O)c3cccc([N+](=O)[O-])c3)cc2[N+](=O)[O-])C1. The Balaban J connectivity index is 1.72. The van der Waals surface area contributed by atoms with E-state index < -0.39 is 28.2 Å². The summed E-state index contributed by atoms with van der Waals surface area (Å²) in [5, 5.41) is 22.4. The van der Waals surface area contributed by atoms with Gasteiger partial charge in [0.2, 0.25) is 5.78 Å². The molecule has 3 rings (SSSR count). The summed E-state index contributed by atoms with van der Waals surface area (Å²) in [6.07, 6.45) is 2.00. The first-order valence-corrected chi connectivity index (χ1v) is 9.74. The van der Waals surface area contributed by atoms with E-state index in [0.717, 1.165) is 25.0 Å². The van der Waals surface area contributed by atoms with Gasteiger partial charge < -0.3 is 9.64 Å². The first-order valence-electron chi connectivity index (χ1n) is 9.74. The van der Waals surface area contributed by atoms with Gasteiger partial charge >= 0.3 is 5.97 Å². The van der Waals surface area contributed by atoms with Gasteiger partial charge in [-0.1, -0.05) is 19.1 Å². The lowest BCUT2D eigenvalue weighted by atomic mass is 9.99. The summed E-state index contributed by atoms with van der Waals surface area (Å²) < 4.78 is 4.99. The molecular formula is C21H21N3O7. The van der Waals surface area contributed by atoms with E-state index in [0.29, 0.717) is 24.7 Å². The monoisotopic (exact) mass is 427 g/mol. The average Bonchev–Trinajstić information content (AvgIpc) is 2.76. The number of piperidine rings is 1. The van der Waals surface area contributed by atoms with Gasteiger partial charge in [-0.3, -0.25) is 25.0 Å². The summed E-state index contributed by atoms with van der Waals surface area (Å²) >= 11 is 0. The Bertz CT molecular complexity index is 1040. The van der Waals surface area contributed by atoms with Crippen LogP contribution in [0, 0.1) is 26.1 Å². The van der Waals surface area contributed by atoms with Gasteiger partial charge in [0.25, 0.3) is 11.4 Å². The van der Waals surface area contributed by atoms with E-state index in [4.69, 9.17) is 4.74 Å². The maximum absolute atomic E-state index is 12.4. The van der Waals surface area contributed by atoms with Gasteiger partial charge in [-0.15, -0.1) is 0 Å². The number of non-ortho nitro benzene ring substituents is 1. The van der Waals surface area contributed by atoms with Crippen molar-refractivity contribution < 1.29 is 24.2 Å². The summed E-state index contributed by atoms with van der Waals surface area (Å²) in [6.45, 7) is 2.84. The molecule has 31 heavy (non-hydrogen) atoms. The van der Waals surface area contributed by atoms with Crippen LogP contribution in [0.25, 0.3) is 0 Å². The van der Waals surface area contributed by atoms with Crippen molar-refractivity contribution in [2.75, 3.05) is 24.6 Å². The minimum Gasteiger partial charge on any atom is -0.454 e. The second-order valence-corrected chi connectivity index (χ2v) is 7.46. The van der Waals surface area contributed by atoms with Crippen molar-refractivity contribution in [2.45, 2.75) is 19.8 Å². The first-order chi connectivity index (χ1) is 14.8. The fourth-order valence-corrected chi connectivity index (χ4v) is 3.56. The molecule has 1 heterocycles. The number of benzene rings is 2. The van der Waals surface area contributed by atoms with Crippen molar-refractivity contribution in [2.24, 2.45) is 5.92 Å². The van der Waals surface area contributed by atoms with E-state index in [9.17, 15) is 29.8 Å². The Hall–Kier alpha value is -3.82. The number of esters is 1. The molecule has 0 radical (unpaired) electrons.